The fourth-order valence-corrected chi connectivity index (χ4v) is 2.13. The molecule has 0 aliphatic rings. The normalized spacial score (nSPS) is 10.7. The van der Waals surface area contributed by atoms with Crippen molar-refractivity contribution >= 4 is 18.1 Å². The van der Waals surface area contributed by atoms with Gasteiger partial charge in [-0.15, -0.1) is 0 Å². The lowest BCUT2D eigenvalue weighted by Gasteiger charge is -2.00. The van der Waals surface area contributed by atoms with Gasteiger partial charge in [0.05, 0.1) is 0 Å². The van der Waals surface area contributed by atoms with Crippen LogP contribution in [-0.4, -0.2) is 18.1 Å². The van der Waals surface area contributed by atoms with Gasteiger partial charge in [-0.1, -0.05) is 45.2 Å². The summed E-state index contributed by atoms with van der Waals surface area (Å²) in [6.45, 7) is 4.57. The summed E-state index contributed by atoms with van der Waals surface area (Å²) in [7, 11) is 3.56. The van der Waals surface area contributed by atoms with Crippen LogP contribution in [0.1, 0.15) is 32.6 Å². The molecule has 0 aromatic rings. The van der Waals surface area contributed by atoms with E-state index in [0.717, 1.165) is 0 Å². The van der Waals surface area contributed by atoms with Crippen LogP contribution in [0.15, 0.2) is 0 Å². The molecule has 9 heavy (non-hydrogen) atoms. The molecule has 0 bridgehead atoms. The maximum Gasteiger partial charge on any atom is 0.0271 e. The van der Waals surface area contributed by atoms with Crippen LogP contribution in [0.4, 0.5) is 0 Å². The molecule has 0 aliphatic carbocycles. The molecule has 0 N–H and O–H groups in total. The van der Waals surface area contributed by atoms with Gasteiger partial charge >= 0.3 is 0 Å². The summed E-state index contributed by atoms with van der Waals surface area (Å²) >= 11 is 0. The van der Waals surface area contributed by atoms with Gasteiger partial charge in [-0.25, -0.2) is 0 Å². The molecule has 4 radical (unpaired) electrons. The zero-order chi connectivity index (χ0) is 7.11. The average Bonchev–Trinajstić information content (AvgIpc) is 1.80. The minimum atomic E-state index is -0.110. The number of hydrogen-bond donors (Lipinski definition) is 0. The predicted molar refractivity (Wildman–Crippen MR) is 46.3 cm³/mol. The molecule has 0 unspecified atom stereocenters. The van der Waals surface area contributed by atoms with Crippen LogP contribution >= 0.6 is 0 Å². The largest absolute Gasteiger partial charge is 0.0738 e. The van der Waals surface area contributed by atoms with Crippen LogP contribution in [-0.2, 0) is 0 Å². The number of hydrogen-bond acceptors (Lipinski definition) is 0. The molecule has 0 rings (SSSR count). The van der Waals surface area contributed by atoms with Gasteiger partial charge in [0.25, 0.3) is 0 Å². The van der Waals surface area contributed by atoms with E-state index in [1.54, 1.807) is 0 Å². The highest BCUT2D eigenvalue weighted by atomic mass is 29.1. The summed E-state index contributed by atoms with van der Waals surface area (Å²) in [5.74, 6) is 0. The standard InChI is InChI=1S/C7H16Si2/c1-3-4-5-6-7-9(2)8/h3-7H2,1-2H3. The van der Waals surface area contributed by atoms with E-state index < -0.39 is 0 Å². The summed E-state index contributed by atoms with van der Waals surface area (Å²) in [5.41, 5.74) is 0. The van der Waals surface area contributed by atoms with E-state index in [4.69, 9.17) is 0 Å². The van der Waals surface area contributed by atoms with Gasteiger partial charge in [-0.05, 0) is 0 Å². The molecular weight excluding hydrogens is 140 g/mol. The topological polar surface area (TPSA) is 0 Å². The highest BCUT2D eigenvalue weighted by Crippen LogP contribution is 2.03. The molecule has 52 valence electrons. The van der Waals surface area contributed by atoms with Gasteiger partial charge in [0.2, 0.25) is 0 Å². The summed E-state index contributed by atoms with van der Waals surface area (Å²) in [5, 5.41) is 0. The zero-order valence-corrected chi connectivity index (χ0v) is 8.54. The highest BCUT2D eigenvalue weighted by Gasteiger charge is 1.93. The van der Waals surface area contributed by atoms with Crippen molar-refractivity contribution in [3.63, 3.8) is 0 Å². The van der Waals surface area contributed by atoms with Crippen molar-refractivity contribution in [1.82, 2.24) is 0 Å². The summed E-state index contributed by atoms with van der Waals surface area (Å²) in [6, 6.07) is 1.43. The lowest BCUT2D eigenvalue weighted by Crippen LogP contribution is -2.04. The van der Waals surface area contributed by atoms with Crippen molar-refractivity contribution in [1.29, 1.82) is 0 Å². The maximum atomic E-state index is 3.67. The fourth-order valence-electron chi connectivity index (χ4n) is 0.817. The molecule has 0 amide bonds. The third-order valence-corrected chi connectivity index (χ3v) is 3.26. The third-order valence-electron chi connectivity index (χ3n) is 1.41. The van der Waals surface area contributed by atoms with E-state index in [2.05, 4.69) is 23.2 Å². The Bertz CT molecular complexity index is 52.9. The Balaban J connectivity index is 2.75. The van der Waals surface area contributed by atoms with Crippen LogP contribution in [0.3, 0.4) is 0 Å². The van der Waals surface area contributed by atoms with Gasteiger partial charge < -0.3 is 0 Å². The van der Waals surface area contributed by atoms with Gasteiger partial charge in [0.15, 0.2) is 0 Å². The lowest BCUT2D eigenvalue weighted by molar-refractivity contribution is 0.700. The van der Waals surface area contributed by atoms with E-state index in [1.807, 2.05) is 0 Å². The monoisotopic (exact) mass is 156 g/mol. The quantitative estimate of drug-likeness (QED) is 0.423. The Morgan fingerprint density at radius 3 is 2.33 bits per heavy atom. The second-order valence-corrected chi connectivity index (χ2v) is 7.21. The SMILES string of the molecule is CCCCCC[Si](C)[Si]. The number of unbranched alkanes of at least 4 members (excludes halogenated alkanes) is 3. The van der Waals surface area contributed by atoms with E-state index >= 15 is 0 Å². The molecule has 0 saturated heterocycles. The highest BCUT2D eigenvalue weighted by molar-refractivity contribution is 7.02. The van der Waals surface area contributed by atoms with Crippen LogP contribution in [0.5, 0.6) is 0 Å². The van der Waals surface area contributed by atoms with Crippen molar-refractivity contribution in [2.24, 2.45) is 0 Å². The van der Waals surface area contributed by atoms with E-state index in [1.165, 1.54) is 31.7 Å². The van der Waals surface area contributed by atoms with Crippen LogP contribution in [0.2, 0.25) is 12.6 Å². The van der Waals surface area contributed by atoms with Crippen molar-refractivity contribution in [3.8, 4) is 0 Å². The molecule has 0 aromatic heterocycles. The second-order valence-electron chi connectivity index (χ2n) is 2.59. The summed E-state index contributed by atoms with van der Waals surface area (Å²) in [6.07, 6.45) is 5.64. The predicted octanol–water partition coefficient (Wildman–Crippen LogP) is 2.36. The first-order valence-electron chi connectivity index (χ1n) is 3.81. The molecule has 2 heteroatoms. The molecule has 0 heterocycles. The van der Waals surface area contributed by atoms with Gasteiger partial charge in [-0.3, -0.25) is 0 Å². The van der Waals surface area contributed by atoms with Crippen LogP contribution < -0.4 is 0 Å². The van der Waals surface area contributed by atoms with E-state index in [-0.39, 0.29) is 8.31 Å². The molecule has 0 aliphatic heterocycles. The molecule has 0 aromatic carbocycles. The number of rotatable bonds is 5. The van der Waals surface area contributed by atoms with Crippen molar-refractivity contribution in [3.05, 3.63) is 0 Å². The smallest absolute Gasteiger partial charge is 0.0271 e. The van der Waals surface area contributed by atoms with Crippen LogP contribution in [0, 0.1) is 0 Å². The minimum Gasteiger partial charge on any atom is -0.0738 e. The third kappa shape index (κ3) is 8.43. The Hall–Kier alpha value is 0.434. The van der Waals surface area contributed by atoms with E-state index in [9.17, 15) is 0 Å². The fraction of sp³-hybridized carbons (Fsp3) is 1.00. The Kier molecular flexibility index (Phi) is 6.87. The van der Waals surface area contributed by atoms with Crippen molar-refractivity contribution < 1.29 is 0 Å². The molecular formula is C7H16Si2. The van der Waals surface area contributed by atoms with Crippen molar-refractivity contribution in [2.75, 3.05) is 0 Å². The van der Waals surface area contributed by atoms with E-state index in [0.29, 0.717) is 0 Å². The molecule has 0 saturated carbocycles. The van der Waals surface area contributed by atoms with Gasteiger partial charge in [0, 0.05) is 18.1 Å². The first-order valence-corrected chi connectivity index (χ1v) is 7.52. The van der Waals surface area contributed by atoms with Crippen LogP contribution in [0.25, 0.3) is 0 Å². The Morgan fingerprint density at radius 2 is 1.89 bits per heavy atom. The molecule has 0 fully saturated rings. The second kappa shape index (κ2) is 6.55. The molecule has 0 nitrogen and oxygen atoms in total. The average molecular weight is 156 g/mol. The summed E-state index contributed by atoms with van der Waals surface area (Å²) in [4.78, 5) is 0. The first-order chi connectivity index (χ1) is 4.27. The first kappa shape index (κ1) is 9.43. The zero-order valence-electron chi connectivity index (χ0n) is 6.54. The molecule has 0 atom stereocenters. The van der Waals surface area contributed by atoms with Gasteiger partial charge in [0.1, 0.15) is 0 Å². The lowest BCUT2D eigenvalue weighted by atomic mass is 10.2. The maximum absolute atomic E-state index is 3.67. The Labute approximate surface area is 63.9 Å². The Morgan fingerprint density at radius 1 is 1.22 bits per heavy atom. The minimum absolute atomic E-state index is 0.110. The van der Waals surface area contributed by atoms with Gasteiger partial charge in [-0.2, -0.15) is 0 Å². The summed E-state index contributed by atoms with van der Waals surface area (Å²) < 4.78 is 0. The molecule has 0 spiro atoms. The van der Waals surface area contributed by atoms with Crippen molar-refractivity contribution in [2.45, 2.75) is 45.2 Å².